The van der Waals surface area contributed by atoms with E-state index >= 15 is 0 Å². The van der Waals surface area contributed by atoms with Crippen LogP contribution in [0.25, 0.3) is 6.08 Å². The van der Waals surface area contributed by atoms with Gasteiger partial charge in [-0.15, -0.1) is 0 Å². The van der Waals surface area contributed by atoms with Gasteiger partial charge in [-0.25, -0.2) is 4.79 Å². The third-order valence-corrected chi connectivity index (χ3v) is 3.64. The monoisotopic (exact) mass is 367 g/mol. The third kappa shape index (κ3) is 5.44. The lowest BCUT2D eigenvalue weighted by Crippen LogP contribution is -2.31. The summed E-state index contributed by atoms with van der Waals surface area (Å²) in [7, 11) is 0. The first kappa shape index (κ1) is 18.1. The summed E-state index contributed by atoms with van der Waals surface area (Å²) in [6.45, 7) is 1.38. The molecule has 1 aromatic carbocycles. The molecule has 24 heavy (non-hydrogen) atoms. The first-order valence-electron chi connectivity index (χ1n) is 7.08. The van der Waals surface area contributed by atoms with Crippen molar-refractivity contribution < 1.29 is 18.7 Å². The lowest BCUT2D eigenvalue weighted by atomic mass is 10.1. The molecule has 0 aliphatic rings. The maximum Gasteiger partial charge on any atom is 0.331 e. The number of halogens is 2. The Morgan fingerprint density at radius 1 is 1.33 bits per heavy atom. The standard InChI is InChI=1S/C17H15Cl2NO4/c1-11(14-6-4-12(18)9-15(14)19)20-16(21)10-24-17(22)7-5-13-3-2-8-23-13/h2-9,11H,10H2,1H3,(H,20,21)/b7-5+/t11-/m1/s1. The highest BCUT2D eigenvalue weighted by atomic mass is 35.5. The topological polar surface area (TPSA) is 68.5 Å². The second kappa shape index (κ2) is 8.57. The minimum absolute atomic E-state index is 0.348. The highest BCUT2D eigenvalue weighted by Crippen LogP contribution is 2.25. The van der Waals surface area contributed by atoms with Gasteiger partial charge in [0.2, 0.25) is 0 Å². The van der Waals surface area contributed by atoms with E-state index in [-0.39, 0.29) is 6.04 Å². The van der Waals surface area contributed by atoms with Crippen LogP contribution in [0.4, 0.5) is 0 Å². The zero-order valence-electron chi connectivity index (χ0n) is 12.8. The fraction of sp³-hybridized carbons (Fsp3) is 0.176. The molecule has 1 N–H and O–H groups in total. The molecule has 5 nitrogen and oxygen atoms in total. The zero-order valence-corrected chi connectivity index (χ0v) is 14.3. The Bertz CT molecular complexity index is 741. The number of furan rings is 1. The van der Waals surface area contributed by atoms with Gasteiger partial charge in [0.15, 0.2) is 6.61 Å². The van der Waals surface area contributed by atoms with E-state index in [1.54, 1.807) is 37.3 Å². The van der Waals surface area contributed by atoms with Crippen LogP contribution < -0.4 is 5.32 Å². The Labute approximate surface area is 149 Å². The highest BCUT2D eigenvalue weighted by molar-refractivity contribution is 6.35. The van der Waals surface area contributed by atoms with E-state index < -0.39 is 18.5 Å². The quantitative estimate of drug-likeness (QED) is 0.618. The molecule has 0 fully saturated rings. The fourth-order valence-electron chi connectivity index (χ4n) is 1.93. The summed E-state index contributed by atoms with van der Waals surface area (Å²) in [4.78, 5) is 23.4. The van der Waals surface area contributed by atoms with Crippen molar-refractivity contribution in [2.75, 3.05) is 6.61 Å². The molecule has 1 atom stereocenters. The van der Waals surface area contributed by atoms with Crippen LogP contribution in [-0.4, -0.2) is 18.5 Å². The summed E-state index contributed by atoms with van der Waals surface area (Å²) >= 11 is 11.9. The average Bonchev–Trinajstić information content (AvgIpc) is 3.04. The second-order valence-electron chi connectivity index (χ2n) is 4.91. The van der Waals surface area contributed by atoms with E-state index in [9.17, 15) is 9.59 Å². The van der Waals surface area contributed by atoms with Crippen molar-refractivity contribution in [2.45, 2.75) is 13.0 Å². The molecule has 0 aliphatic heterocycles. The number of benzene rings is 1. The van der Waals surface area contributed by atoms with Crippen molar-refractivity contribution in [1.82, 2.24) is 5.32 Å². The van der Waals surface area contributed by atoms with E-state index in [0.29, 0.717) is 15.8 Å². The van der Waals surface area contributed by atoms with Gasteiger partial charge in [-0.1, -0.05) is 29.3 Å². The zero-order chi connectivity index (χ0) is 17.5. The molecule has 1 amide bonds. The van der Waals surface area contributed by atoms with Gasteiger partial charge < -0.3 is 14.5 Å². The number of amides is 1. The first-order valence-corrected chi connectivity index (χ1v) is 7.84. The third-order valence-electron chi connectivity index (χ3n) is 3.08. The van der Waals surface area contributed by atoms with Gasteiger partial charge in [0.25, 0.3) is 5.91 Å². The summed E-state index contributed by atoms with van der Waals surface area (Å²) < 4.78 is 9.89. The molecule has 0 spiro atoms. The molecule has 0 aliphatic carbocycles. The Morgan fingerprint density at radius 3 is 2.79 bits per heavy atom. The number of esters is 1. The average molecular weight is 368 g/mol. The fourth-order valence-corrected chi connectivity index (χ4v) is 2.51. The van der Waals surface area contributed by atoms with E-state index in [2.05, 4.69) is 5.32 Å². The maximum absolute atomic E-state index is 11.8. The molecule has 126 valence electrons. The van der Waals surface area contributed by atoms with Crippen molar-refractivity contribution in [2.24, 2.45) is 0 Å². The molecule has 7 heteroatoms. The second-order valence-corrected chi connectivity index (χ2v) is 5.76. The van der Waals surface area contributed by atoms with Crippen LogP contribution in [0.1, 0.15) is 24.3 Å². The molecule has 0 unspecified atom stereocenters. The van der Waals surface area contributed by atoms with Crippen LogP contribution in [0.2, 0.25) is 10.0 Å². The number of hydrogen-bond donors (Lipinski definition) is 1. The van der Waals surface area contributed by atoms with Gasteiger partial charge in [-0.3, -0.25) is 4.79 Å². The molecule has 0 radical (unpaired) electrons. The van der Waals surface area contributed by atoms with Crippen LogP contribution in [0.15, 0.2) is 47.1 Å². The van der Waals surface area contributed by atoms with Gasteiger partial charge in [-0.2, -0.15) is 0 Å². The summed E-state index contributed by atoms with van der Waals surface area (Å²) in [6.07, 6.45) is 4.13. The summed E-state index contributed by atoms with van der Waals surface area (Å²) in [6, 6.07) is 8.05. The predicted molar refractivity (Wildman–Crippen MR) is 91.7 cm³/mol. The van der Waals surface area contributed by atoms with E-state index in [1.807, 2.05) is 0 Å². The molecular formula is C17H15Cl2NO4. The van der Waals surface area contributed by atoms with Gasteiger partial charge in [-0.05, 0) is 42.8 Å². The summed E-state index contributed by atoms with van der Waals surface area (Å²) in [5, 5.41) is 3.66. The van der Waals surface area contributed by atoms with Crippen LogP contribution in [-0.2, 0) is 14.3 Å². The van der Waals surface area contributed by atoms with E-state index in [4.69, 9.17) is 32.4 Å². The highest BCUT2D eigenvalue weighted by Gasteiger charge is 2.14. The lowest BCUT2D eigenvalue weighted by Gasteiger charge is -2.15. The van der Waals surface area contributed by atoms with Crippen LogP contribution in [0.5, 0.6) is 0 Å². The normalized spacial score (nSPS) is 12.1. The van der Waals surface area contributed by atoms with E-state index in [0.717, 1.165) is 5.56 Å². The Morgan fingerprint density at radius 2 is 2.12 bits per heavy atom. The molecule has 0 saturated heterocycles. The summed E-state index contributed by atoms with van der Waals surface area (Å²) in [5.41, 5.74) is 0.721. The predicted octanol–water partition coefficient (Wildman–Crippen LogP) is 4.02. The Hall–Kier alpha value is -2.24. The van der Waals surface area contributed by atoms with Crippen LogP contribution >= 0.6 is 23.2 Å². The van der Waals surface area contributed by atoms with Crippen LogP contribution in [0.3, 0.4) is 0 Å². The van der Waals surface area contributed by atoms with Crippen molar-refractivity contribution in [3.63, 3.8) is 0 Å². The molecule has 0 bridgehead atoms. The Balaban J connectivity index is 1.81. The molecule has 2 rings (SSSR count). The number of carbonyl (C=O) groups is 2. The SMILES string of the molecule is C[C@@H](NC(=O)COC(=O)/C=C/c1ccco1)c1ccc(Cl)cc1Cl. The van der Waals surface area contributed by atoms with Gasteiger partial charge in [0, 0.05) is 16.1 Å². The molecular weight excluding hydrogens is 353 g/mol. The minimum Gasteiger partial charge on any atom is -0.465 e. The van der Waals surface area contributed by atoms with Crippen molar-refractivity contribution in [3.05, 3.63) is 64.0 Å². The van der Waals surface area contributed by atoms with Crippen molar-refractivity contribution in [3.8, 4) is 0 Å². The number of hydrogen-bond acceptors (Lipinski definition) is 4. The molecule has 1 aromatic heterocycles. The number of rotatable bonds is 6. The van der Waals surface area contributed by atoms with Crippen molar-refractivity contribution in [1.29, 1.82) is 0 Å². The molecule has 0 saturated carbocycles. The van der Waals surface area contributed by atoms with Gasteiger partial charge in [0.1, 0.15) is 5.76 Å². The minimum atomic E-state index is -0.640. The summed E-state index contributed by atoms with van der Waals surface area (Å²) in [5.74, 6) is -0.561. The largest absolute Gasteiger partial charge is 0.465 e. The van der Waals surface area contributed by atoms with Crippen LogP contribution in [0, 0.1) is 0 Å². The number of nitrogens with one attached hydrogen (secondary N) is 1. The van der Waals surface area contributed by atoms with Gasteiger partial charge >= 0.3 is 5.97 Å². The smallest absolute Gasteiger partial charge is 0.331 e. The number of ether oxygens (including phenoxy) is 1. The first-order chi connectivity index (χ1) is 11.5. The molecule has 1 heterocycles. The Kier molecular flexibility index (Phi) is 6.46. The van der Waals surface area contributed by atoms with Gasteiger partial charge in [0.05, 0.1) is 12.3 Å². The maximum atomic E-state index is 11.8. The van der Waals surface area contributed by atoms with Crippen molar-refractivity contribution >= 4 is 41.2 Å². The number of carbonyl (C=O) groups excluding carboxylic acids is 2. The van der Waals surface area contributed by atoms with E-state index in [1.165, 1.54) is 18.4 Å². The molecule has 2 aromatic rings. The lowest BCUT2D eigenvalue weighted by molar-refractivity contribution is -0.144.